The summed E-state index contributed by atoms with van der Waals surface area (Å²) in [5, 5.41) is 0. The van der Waals surface area contributed by atoms with Crippen LogP contribution >= 0.6 is 7.82 Å². The predicted octanol–water partition coefficient (Wildman–Crippen LogP) is 23.9. The first kappa shape index (κ1) is 85.6. The van der Waals surface area contributed by atoms with Crippen molar-refractivity contribution in [3.8, 4) is 0 Å². The number of hydrogen-bond acceptors (Lipinski definition) is 8. The lowest BCUT2D eigenvalue weighted by Crippen LogP contribution is -2.29. The zero-order valence-corrected chi connectivity index (χ0v) is 58.1. The Kier molecular flexibility index (Phi) is 69.3. The molecule has 0 rings (SSSR count). The van der Waals surface area contributed by atoms with Gasteiger partial charge < -0.3 is 20.1 Å². The van der Waals surface area contributed by atoms with Gasteiger partial charge in [-0.1, -0.05) is 304 Å². The van der Waals surface area contributed by atoms with Crippen molar-refractivity contribution in [2.75, 3.05) is 26.4 Å². The maximum absolute atomic E-state index is 12.8. The molecule has 0 aromatic rings. The zero-order chi connectivity index (χ0) is 65.8. The van der Waals surface area contributed by atoms with Gasteiger partial charge in [-0.2, -0.15) is 0 Å². The smallest absolute Gasteiger partial charge is 0.462 e. The first-order chi connectivity index (χ1) is 44.8. The molecule has 3 N–H and O–H groups in total. The third-order valence-electron chi connectivity index (χ3n) is 14.2. The summed E-state index contributed by atoms with van der Waals surface area (Å²) in [5.74, 6) is -0.870. The third-order valence-corrected chi connectivity index (χ3v) is 15.1. The van der Waals surface area contributed by atoms with Crippen molar-refractivity contribution < 1.29 is 37.6 Å². The molecule has 2 unspecified atom stereocenters. The van der Waals surface area contributed by atoms with Gasteiger partial charge in [0.1, 0.15) is 6.61 Å². The van der Waals surface area contributed by atoms with Gasteiger partial charge in [0.15, 0.2) is 6.10 Å². The number of rotatable bonds is 64. The highest BCUT2D eigenvalue weighted by Gasteiger charge is 2.26. The van der Waals surface area contributed by atoms with Crippen molar-refractivity contribution in [2.45, 2.75) is 264 Å². The summed E-state index contributed by atoms with van der Waals surface area (Å²) in [6.45, 7) is 3.47. The molecule has 91 heavy (non-hydrogen) atoms. The van der Waals surface area contributed by atoms with E-state index in [0.717, 1.165) is 161 Å². The molecule has 0 aliphatic heterocycles. The molecule has 0 spiro atoms. The number of carbonyl (C=O) groups excluding carboxylic acids is 2. The third kappa shape index (κ3) is 73.5. The molecule has 2 atom stereocenters. The fourth-order valence-electron chi connectivity index (χ4n) is 9.00. The van der Waals surface area contributed by atoms with E-state index < -0.39 is 32.5 Å². The molecular formula is C81H128NO8P. The Balaban J connectivity index is 4.03. The van der Waals surface area contributed by atoms with Crippen molar-refractivity contribution in [1.29, 1.82) is 0 Å². The van der Waals surface area contributed by atoms with Crippen LogP contribution in [0.5, 0.6) is 0 Å². The Morgan fingerprint density at radius 1 is 0.330 bits per heavy atom. The number of esters is 2. The van der Waals surface area contributed by atoms with Crippen molar-refractivity contribution in [3.63, 3.8) is 0 Å². The minimum absolute atomic E-state index is 0.0383. The van der Waals surface area contributed by atoms with Crippen LogP contribution in [0.25, 0.3) is 0 Å². The summed E-state index contributed by atoms with van der Waals surface area (Å²) >= 11 is 0. The number of nitrogens with two attached hydrogens (primary N) is 1. The molecule has 0 heterocycles. The predicted molar refractivity (Wildman–Crippen MR) is 394 cm³/mol. The monoisotopic (exact) mass is 1270 g/mol. The summed E-state index contributed by atoms with van der Waals surface area (Å²) in [5.41, 5.74) is 5.40. The Labute approximate surface area is 557 Å². The number of phosphoric ester groups is 1. The molecule has 0 saturated carbocycles. The van der Waals surface area contributed by atoms with Crippen LogP contribution in [0, 0.1) is 0 Å². The number of ether oxygens (including phenoxy) is 2. The molecule has 0 aliphatic carbocycles. The fourth-order valence-corrected chi connectivity index (χ4v) is 9.76. The van der Waals surface area contributed by atoms with E-state index in [1.807, 2.05) is 0 Å². The van der Waals surface area contributed by atoms with E-state index in [0.29, 0.717) is 6.42 Å². The first-order valence-corrected chi connectivity index (χ1v) is 37.1. The highest BCUT2D eigenvalue weighted by Crippen LogP contribution is 2.43. The standard InChI is InChI=1S/C81H128NO8P/c1-3-5-7-9-11-13-15-17-19-21-23-25-27-29-31-33-34-35-36-37-38-39-40-41-42-43-44-46-48-50-52-54-56-58-60-62-64-66-68-70-72-74-81(84)90-79(78-89-91(85,86)88-76-75-82)77-87-80(83)73-71-69-67-65-63-61-59-57-55-53-51-49-47-45-32-30-28-26-24-22-20-18-16-14-12-10-8-6-4-2/h5-8,11-14,17-20,23-26,29-32,34-35,37-38,40-41,43-44,48,50,54,56,60,62,79H,3-4,9-10,15-16,21-22,27-28,33,36,39,42,45-47,49,51-53,55,57-59,61,63-78,82H2,1-2H3,(H,85,86)/b7-5-,8-6-,13-11-,14-12-,19-17-,20-18-,25-23-,26-24-,31-29-,32-30-,35-34-,38-37-,41-40-,44-43-,50-48-,56-54-,62-60-. The summed E-state index contributed by atoms with van der Waals surface area (Å²) in [6.07, 6.45) is 113. The topological polar surface area (TPSA) is 134 Å². The van der Waals surface area contributed by atoms with E-state index in [-0.39, 0.29) is 32.6 Å². The highest BCUT2D eigenvalue weighted by molar-refractivity contribution is 7.47. The van der Waals surface area contributed by atoms with Gasteiger partial charge >= 0.3 is 19.8 Å². The molecule has 0 bridgehead atoms. The number of phosphoric acid groups is 1. The summed E-state index contributed by atoms with van der Waals surface area (Å²) in [7, 11) is -4.42. The van der Waals surface area contributed by atoms with E-state index >= 15 is 0 Å². The second-order valence-corrected chi connectivity index (χ2v) is 24.1. The lowest BCUT2D eigenvalue weighted by molar-refractivity contribution is -0.161. The average molecular weight is 1270 g/mol. The number of carbonyl (C=O) groups is 2. The SMILES string of the molecule is CC/C=C\C/C=C\C/C=C\C/C=C\C/C=C\C/C=C\C/C=C\C/C=C\C/C=C\C/C=C\C/C=C\C/C=C\CCCCCCC(=O)OC(COC(=O)CCCCCCCCCCCCCCC/C=C\C/C=C\C/C=C\C/C=C\C/C=C\CC)COP(=O)(O)OCCN. The van der Waals surface area contributed by atoms with Crippen molar-refractivity contribution in [2.24, 2.45) is 5.73 Å². The van der Waals surface area contributed by atoms with Gasteiger partial charge in [0, 0.05) is 19.4 Å². The Bertz CT molecular complexity index is 2250. The van der Waals surface area contributed by atoms with Gasteiger partial charge in [-0.15, -0.1) is 0 Å². The summed E-state index contributed by atoms with van der Waals surface area (Å²) in [6, 6.07) is 0. The lowest BCUT2D eigenvalue weighted by atomic mass is 10.0. The van der Waals surface area contributed by atoms with Gasteiger partial charge in [-0.25, -0.2) is 4.57 Å². The molecule has 0 aromatic carbocycles. The van der Waals surface area contributed by atoms with Gasteiger partial charge in [0.2, 0.25) is 0 Å². The Hall–Kier alpha value is -5.41. The molecule has 0 fully saturated rings. The normalized spacial score (nSPS) is 14.2. The van der Waals surface area contributed by atoms with Crippen molar-refractivity contribution in [1.82, 2.24) is 0 Å². The van der Waals surface area contributed by atoms with Crippen LogP contribution in [0.3, 0.4) is 0 Å². The number of hydrogen-bond donors (Lipinski definition) is 2. The van der Waals surface area contributed by atoms with E-state index in [1.54, 1.807) is 0 Å². The molecular weight excluding hydrogens is 1150 g/mol. The van der Waals surface area contributed by atoms with Gasteiger partial charge in [-0.3, -0.25) is 18.6 Å². The van der Waals surface area contributed by atoms with E-state index in [9.17, 15) is 19.0 Å². The van der Waals surface area contributed by atoms with Gasteiger partial charge in [0.25, 0.3) is 0 Å². The van der Waals surface area contributed by atoms with E-state index in [1.165, 1.54) is 64.2 Å². The fraction of sp³-hybridized carbons (Fsp3) is 0.556. The quantitative estimate of drug-likeness (QED) is 0.0264. The maximum Gasteiger partial charge on any atom is 0.472 e. The van der Waals surface area contributed by atoms with E-state index in [2.05, 4.69) is 220 Å². The van der Waals surface area contributed by atoms with Crippen LogP contribution in [-0.2, 0) is 32.7 Å². The Morgan fingerprint density at radius 2 is 0.571 bits per heavy atom. The maximum atomic E-state index is 12.8. The minimum atomic E-state index is -4.42. The molecule has 0 aromatic heterocycles. The van der Waals surface area contributed by atoms with Crippen molar-refractivity contribution >= 4 is 19.8 Å². The number of allylic oxidation sites excluding steroid dienone is 34. The lowest BCUT2D eigenvalue weighted by Gasteiger charge is -2.19. The summed E-state index contributed by atoms with van der Waals surface area (Å²) in [4.78, 5) is 35.4. The first-order valence-electron chi connectivity index (χ1n) is 35.6. The van der Waals surface area contributed by atoms with Crippen molar-refractivity contribution in [3.05, 3.63) is 207 Å². The van der Waals surface area contributed by atoms with Crippen LogP contribution in [-0.4, -0.2) is 49.3 Å². The van der Waals surface area contributed by atoms with Crippen LogP contribution in [0.4, 0.5) is 0 Å². The molecule has 9 nitrogen and oxygen atoms in total. The van der Waals surface area contributed by atoms with Gasteiger partial charge in [0.05, 0.1) is 13.2 Å². The summed E-state index contributed by atoms with van der Waals surface area (Å²) < 4.78 is 33.1. The Morgan fingerprint density at radius 3 is 0.846 bits per heavy atom. The second kappa shape index (κ2) is 73.6. The van der Waals surface area contributed by atoms with Gasteiger partial charge in [-0.05, 0) is 148 Å². The molecule has 0 amide bonds. The second-order valence-electron chi connectivity index (χ2n) is 22.6. The highest BCUT2D eigenvalue weighted by atomic mass is 31.2. The molecule has 10 heteroatoms. The largest absolute Gasteiger partial charge is 0.472 e. The minimum Gasteiger partial charge on any atom is -0.462 e. The molecule has 510 valence electrons. The molecule has 0 saturated heterocycles. The molecule has 0 radical (unpaired) electrons. The van der Waals surface area contributed by atoms with Crippen LogP contribution in [0.15, 0.2) is 207 Å². The van der Waals surface area contributed by atoms with Crippen LogP contribution in [0.1, 0.15) is 258 Å². The zero-order valence-electron chi connectivity index (χ0n) is 57.2. The average Bonchev–Trinajstić information content (AvgIpc) is 3.74. The van der Waals surface area contributed by atoms with Crippen LogP contribution in [0.2, 0.25) is 0 Å². The van der Waals surface area contributed by atoms with E-state index in [4.69, 9.17) is 24.3 Å². The molecule has 0 aliphatic rings. The van der Waals surface area contributed by atoms with Crippen LogP contribution < -0.4 is 5.73 Å². The number of unbranched alkanes of at least 4 members (excludes halogenated alkanes) is 17.